The van der Waals surface area contributed by atoms with Crippen LogP contribution in [0, 0.1) is 0 Å². The molecule has 1 atom stereocenters. The average molecular weight is 372 g/mol. The third-order valence-electron chi connectivity index (χ3n) is 3.84. The van der Waals surface area contributed by atoms with Gasteiger partial charge in [-0.25, -0.2) is 0 Å². The van der Waals surface area contributed by atoms with Gasteiger partial charge in [-0.15, -0.1) is 11.8 Å². The molecule has 0 saturated carbocycles. The van der Waals surface area contributed by atoms with Crippen molar-refractivity contribution in [1.29, 1.82) is 0 Å². The van der Waals surface area contributed by atoms with Gasteiger partial charge in [-0.05, 0) is 55.3 Å². The van der Waals surface area contributed by atoms with Crippen LogP contribution in [0.5, 0.6) is 5.75 Å². The van der Waals surface area contributed by atoms with Crippen LogP contribution in [0.2, 0.25) is 0 Å². The number of anilines is 2. The van der Waals surface area contributed by atoms with Gasteiger partial charge < -0.3 is 15.4 Å². The van der Waals surface area contributed by atoms with Crippen molar-refractivity contribution in [3.63, 3.8) is 0 Å². The second kappa shape index (κ2) is 9.87. The van der Waals surface area contributed by atoms with Crippen LogP contribution < -0.4 is 15.4 Å². The van der Waals surface area contributed by atoms with Crippen LogP contribution >= 0.6 is 11.8 Å². The molecule has 138 valence electrons. The van der Waals surface area contributed by atoms with Crippen molar-refractivity contribution in [2.45, 2.75) is 25.5 Å². The number of methoxy groups -OCH3 is 1. The van der Waals surface area contributed by atoms with Gasteiger partial charge in [0.15, 0.2) is 0 Å². The highest BCUT2D eigenvalue weighted by Gasteiger charge is 2.15. The first kappa shape index (κ1) is 19.8. The summed E-state index contributed by atoms with van der Waals surface area (Å²) in [5.74, 6) is 0.674. The van der Waals surface area contributed by atoms with Crippen molar-refractivity contribution >= 4 is 35.0 Å². The molecule has 2 N–H and O–H groups in total. The largest absolute Gasteiger partial charge is 0.497 e. The third kappa shape index (κ3) is 6.11. The molecule has 0 fully saturated rings. The van der Waals surface area contributed by atoms with E-state index >= 15 is 0 Å². The molecule has 2 amide bonds. The zero-order valence-corrected chi connectivity index (χ0v) is 16.1. The minimum atomic E-state index is -0.331. The van der Waals surface area contributed by atoms with E-state index in [1.165, 1.54) is 17.3 Å². The monoisotopic (exact) mass is 372 g/mol. The second-order valence-corrected chi connectivity index (χ2v) is 7.10. The van der Waals surface area contributed by atoms with Crippen molar-refractivity contribution in [2.24, 2.45) is 0 Å². The van der Waals surface area contributed by atoms with Gasteiger partial charge >= 0.3 is 0 Å². The van der Waals surface area contributed by atoms with E-state index in [0.717, 1.165) is 17.9 Å². The minimum Gasteiger partial charge on any atom is -0.497 e. The smallest absolute Gasteiger partial charge is 0.237 e. The predicted octanol–water partition coefficient (Wildman–Crippen LogP) is 3.96. The first-order valence-electron chi connectivity index (χ1n) is 8.47. The molecule has 0 bridgehead atoms. The Morgan fingerprint density at radius 2 is 1.58 bits per heavy atom. The summed E-state index contributed by atoms with van der Waals surface area (Å²) < 4.78 is 5.08. The SMILES string of the molecule is CCc1ccc(NC(=O)[C@H](C)SCC(=O)Nc2ccc(OC)cc2)cc1. The molecule has 0 saturated heterocycles. The lowest BCUT2D eigenvalue weighted by molar-refractivity contribution is -0.115. The predicted molar refractivity (Wildman–Crippen MR) is 108 cm³/mol. The molecule has 0 unspecified atom stereocenters. The molecular weight excluding hydrogens is 348 g/mol. The summed E-state index contributed by atoms with van der Waals surface area (Å²) in [6, 6.07) is 14.9. The number of hydrogen-bond acceptors (Lipinski definition) is 4. The fraction of sp³-hybridized carbons (Fsp3) is 0.300. The fourth-order valence-corrected chi connectivity index (χ4v) is 2.90. The summed E-state index contributed by atoms with van der Waals surface area (Å²) >= 11 is 1.30. The average Bonchev–Trinajstić information content (AvgIpc) is 2.67. The Hall–Kier alpha value is -2.47. The van der Waals surface area contributed by atoms with E-state index in [0.29, 0.717) is 5.69 Å². The van der Waals surface area contributed by atoms with Gasteiger partial charge in [0.1, 0.15) is 5.75 Å². The Morgan fingerprint density at radius 1 is 1.00 bits per heavy atom. The topological polar surface area (TPSA) is 67.4 Å². The Bertz CT molecular complexity index is 730. The first-order chi connectivity index (χ1) is 12.5. The van der Waals surface area contributed by atoms with Crippen LogP contribution in [0.15, 0.2) is 48.5 Å². The Kier molecular flexibility index (Phi) is 7.53. The maximum atomic E-state index is 12.2. The number of amides is 2. The number of aryl methyl sites for hydroxylation is 1. The third-order valence-corrected chi connectivity index (χ3v) is 4.98. The molecule has 0 heterocycles. The van der Waals surface area contributed by atoms with Crippen LogP contribution in [0.3, 0.4) is 0 Å². The Labute approximate surface area is 158 Å². The minimum absolute atomic E-state index is 0.114. The summed E-state index contributed by atoms with van der Waals surface area (Å²) in [4.78, 5) is 24.3. The lowest BCUT2D eigenvalue weighted by Crippen LogP contribution is -2.25. The van der Waals surface area contributed by atoms with Crippen molar-refractivity contribution in [2.75, 3.05) is 23.5 Å². The molecule has 2 aromatic carbocycles. The molecule has 6 heteroatoms. The van der Waals surface area contributed by atoms with Crippen LogP contribution in [-0.2, 0) is 16.0 Å². The highest BCUT2D eigenvalue weighted by Crippen LogP contribution is 2.17. The number of rotatable bonds is 8. The van der Waals surface area contributed by atoms with Crippen molar-refractivity contribution in [1.82, 2.24) is 0 Å². The number of ether oxygens (including phenoxy) is 1. The van der Waals surface area contributed by atoms with Gasteiger partial charge in [-0.1, -0.05) is 19.1 Å². The highest BCUT2D eigenvalue weighted by molar-refractivity contribution is 8.01. The van der Waals surface area contributed by atoms with Gasteiger partial charge in [0.25, 0.3) is 0 Å². The maximum Gasteiger partial charge on any atom is 0.237 e. The standard InChI is InChI=1S/C20H24N2O3S/c1-4-15-5-7-17(8-6-15)22-20(24)14(2)26-13-19(23)21-16-9-11-18(25-3)12-10-16/h5-12,14H,4,13H2,1-3H3,(H,21,23)(H,22,24)/t14-/m0/s1. The van der Waals surface area contributed by atoms with E-state index in [2.05, 4.69) is 17.6 Å². The summed E-state index contributed by atoms with van der Waals surface area (Å²) in [6.45, 7) is 3.88. The van der Waals surface area contributed by atoms with Crippen LogP contribution in [0.4, 0.5) is 11.4 Å². The van der Waals surface area contributed by atoms with Gasteiger partial charge in [0, 0.05) is 11.4 Å². The fourth-order valence-electron chi connectivity index (χ4n) is 2.22. The van der Waals surface area contributed by atoms with E-state index < -0.39 is 0 Å². The molecule has 0 aliphatic rings. The number of nitrogens with one attached hydrogen (secondary N) is 2. The normalized spacial score (nSPS) is 11.5. The van der Waals surface area contributed by atoms with E-state index in [-0.39, 0.29) is 22.8 Å². The second-order valence-electron chi connectivity index (χ2n) is 5.77. The summed E-state index contributed by atoms with van der Waals surface area (Å²) in [6.07, 6.45) is 0.962. The van der Waals surface area contributed by atoms with Gasteiger partial charge in [-0.3, -0.25) is 9.59 Å². The van der Waals surface area contributed by atoms with Crippen LogP contribution in [0.1, 0.15) is 19.4 Å². The number of thioether (sulfide) groups is 1. The van der Waals surface area contributed by atoms with E-state index in [9.17, 15) is 9.59 Å². The lowest BCUT2D eigenvalue weighted by atomic mass is 10.1. The Balaban J connectivity index is 1.77. The highest BCUT2D eigenvalue weighted by atomic mass is 32.2. The van der Waals surface area contributed by atoms with E-state index in [4.69, 9.17) is 4.74 Å². The molecule has 5 nitrogen and oxygen atoms in total. The van der Waals surface area contributed by atoms with Crippen LogP contribution in [-0.4, -0.2) is 29.9 Å². The molecule has 2 aromatic rings. The quantitative estimate of drug-likeness (QED) is 0.736. The maximum absolute atomic E-state index is 12.2. The van der Waals surface area contributed by atoms with E-state index in [1.54, 1.807) is 38.3 Å². The number of benzene rings is 2. The van der Waals surface area contributed by atoms with Gasteiger partial charge in [0.2, 0.25) is 11.8 Å². The first-order valence-corrected chi connectivity index (χ1v) is 9.52. The number of carbonyl (C=O) groups excluding carboxylic acids is 2. The van der Waals surface area contributed by atoms with Gasteiger partial charge in [0.05, 0.1) is 18.1 Å². The summed E-state index contributed by atoms with van der Waals surface area (Å²) in [7, 11) is 1.59. The molecular formula is C20H24N2O3S. The van der Waals surface area contributed by atoms with Crippen molar-refractivity contribution in [3.05, 3.63) is 54.1 Å². The molecule has 0 spiro atoms. The van der Waals surface area contributed by atoms with Crippen molar-refractivity contribution in [3.8, 4) is 5.75 Å². The van der Waals surface area contributed by atoms with E-state index in [1.807, 2.05) is 24.3 Å². The molecule has 2 rings (SSSR count). The Morgan fingerprint density at radius 3 is 2.15 bits per heavy atom. The van der Waals surface area contributed by atoms with Crippen molar-refractivity contribution < 1.29 is 14.3 Å². The lowest BCUT2D eigenvalue weighted by Gasteiger charge is -2.12. The van der Waals surface area contributed by atoms with Crippen LogP contribution in [0.25, 0.3) is 0 Å². The van der Waals surface area contributed by atoms with Gasteiger partial charge in [-0.2, -0.15) is 0 Å². The number of carbonyl (C=O) groups is 2. The molecule has 0 aromatic heterocycles. The molecule has 0 radical (unpaired) electrons. The number of hydrogen-bond donors (Lipinski definition) is 2. The molecule has 0 aliphatic carbocycles. The molecule has 0 aliphatic heterocycles. The summed E-state index contributed by atoms with van der Waals surface area (Å²) in [5, 5.41) is 5.35. The molecule has 26 heavy (non-hydrogen) atoms. The zero-order chi connectivity index (χ0) is 18.9. The summed E-state index contributed by atoms with van der Waals surface area (Å²) in [5.41, 5.74) is 2.69. The zero-order valence-electron chi connectivity index (χ0n) is 15.2.